The number of ether oxygens (including phenoxy) is 2. The highest BCUT2D eigenvalue weighted by Crippen LogP contribution is 2.04. The Labute approximate surface area is 118 Å². The Morgan fingerprint density at radius 2 is 1.85 bits per heavy atom. The number of carbonyl (C=O) groups excluding carboxylic acids is 2. The van der Waals surface area contributed by atoms with E-state index < -0.39 is 11.8 Å². The number of nitrogens with zero attached hydrogens (tertiary/aromatic N) is 1. The summed E-state index contributed by atoms with van der Waals surface area (Å²) in [5.41, 5.74) is 0.946. The second-order valence-electron chi connectivity index (χ2n) is 4.40. The average molecular weight is 277 g/mol. The number of hydrogen-bond acceptors (Lipinski definition) is 5. The van der Waals surface area contributed by atoms with Crippen LogP contribution in [0, 0.1) is 0 Å². The van der Waals surface area contributed by atoms with Gasteiger partial charge in [-0.1, -0.05) is 30.3 Å². The first-order valence-electron chi connectivity index (χ1n) is 6.16. The van der Waals surface area contributed by atoms with Gasteiger partial charge in [0, 0.05) is 20.3 Å². The lowest BCUT2D eigenvalue weighted by Crippen LogP contribution is -2.21. The van der Waals surface area contributed by atoms with E-state index in [4.69, 9.17) is 4.74 Å². The molecular weight excluding hydrogens is 258 g/mol. The third kappa shape index (κ3) is 5.24. The summed E-state index contributed by atoms with van der Waals surface area (Å²) in [5.74, 6) is -1.06. The second kappa shape index (κ2) is 8.12. The van der Waals surface area contributed by atoms with Crippen molar-refractivity contribution in [2.45, 2.75) is 6.61 Å². The van der Waals surface area contributed by atoms with Gasteiger partial charge in [0.05, 0.1) is 13.7 Å². The molecule has 5 heteroatoms. The number of benzene rings is 1. The summed E-state index contributed by atoms with van der Waals surface area (Å²) in [6.07, 6.45) is 1.43. The fourth-order valence-electron chi connectivity index (χ4n) is 1.52. The van der Waals surface area contributed by atoms with Crippen LogP contribution in [-0.4, -0.2) is 44.5 Å². The summed E-state index contributed by atoms with van der Waals surface area (Å²) in [6, 6.07) is 9.51. The van der Waals surface area contributed by atoms with Crippen LogP contribution in [0.15, 0.2) is 42.1 Å². The number of ketones is 1. The molecular formula is C15H19NO4. The zero-order chi connectivity index (χ0) is 15.0. The van der Waals surface area contributed by atoms with Crippen molar-refractivity contribution in [3.63, 3.8) is 0 Å². The van der Waals surface area contributed by atoms with Gasteiger partial charge in [-0.2, -0.15) is 0 Å². The summed E-state index contributed by atoms with van der Waals surface area (Å²) in [7, 11) is 4.69. The summed E-state index contributed by atoms with van der Waals surface area (Å²) >= 11 is 0. The molecule has 0 bridgehead atoms. The van der Waals surface area contributed by atoms with Crippen LogP contribution >= 0.6 is 0 Å². The first kappa shape index (κ1) is 15.9. The molecule has 20 heavy (non-hydrogen) atoms. The van der Waals surface area contributed by atoms with Crippen LogP contribution in [0.2, 0.25) is 0 Å². The van der Waals surface area contributed by atoms with E-state index in [1.807, 2.05) is 30.3 Å². The molecule has 0 saturated carbocycles. The van der Waals surface area contributed by atoms with E-state index in [0.29, 0.717) is 6.61 Å². The van der Waals surface area contributed by atoms with Crippen LogP contribution < -0.4 is 0 Å². The molecule has 0 atom stereocenters. The van der Waals surface area contributed by atoms with Crippen LogP contribution in [0.5, 0.6) is 0 Å². The normalized spacial score (nSPS) is 11.1. The molecule has 0 aliphatic heterocycles. The largest absolute Gasteiger partial charge is 0.465 e. The van der Waals surface area contributed by atoms with Gasteiger partial charge in [0.2, 0.25) is 0 Å². The molecule has 0 spiro atoms. The number of Topliss-reactive ketones (excluding diaryl/α,β-unsaturated/α-hetero) is 1. The van der Waals surface area contributed by atoms with Crippen LogP contribution in [0.4, 0.5) is 0 Å². The standard InChI is InChI=1S/C15H19NO4/c1-16(2)9-13(15(18)19-3)14(17)11-20-10-12-7-5-4-6-8-12/h4-9H,10-11H2,1-3H3/b13-9-. The monoisotopic (exact) mass is 277 g/mol. The third-order valence-electron chi connectivity index (χ3n) is 2.44. The van der Waals surface area contributed by atoms with Crippen LogP contribution in [0.3, 0.4) is 0 Å². The Hall–Kier alpha value is -2.14. The molecule has 0 aliphatic carbocycles. The first-order chi connectivity index (χ1) is 9.54. The minimum Gasteiger partial charge on any atom is -0.465 e. The van der Waals surface area contributed by atoms with E-state index in [2.05, 4.69) is 4.74 Å². The van der Waals surface area contributed by atoms with E-state index in [9.17, 15) is 9.59 Å². The van der Waals surface area contributed by atoms with Crippen molar-refractivity contribution in [2.24, 2.45) is 0 Å². The molecule has 1 aromatic carbocycles. The van der Waals surface area contributed by atoms with Crippen LogP contribution in [0.25, 0.3) is 0 Å². The molecule has 0 N–H and O–H groups in total. The Kier molecular flexibility index (Phi) is 6.46. The van der Waals surface area contributed by atoms with Gasteiger partial charge >= 0.3 is 5.97 Å². The van der Waals surface area contributed by atoms with Gasteiger partial charge < -0.3 is 14.4 Å². The van der Waals surface area contributed by atoms with E-state index >= 15 is 0 Å². The number of methoxy groups -OCH3 is 1. The van der Waals surface area contributed by atoms with Crippen molar-refractivity contribution >= 4 is 11.8 Å². The van der Waals surface area contributed by atoms with Gasteiger partial charge in [0.25, 0.3) is 0 Å². The lowest BCUT2D eigenvalue weighted by atomic mass is 10.2. The Morgan fingerprint density at radius 1 is 1.20 bits per heavy atom. The quantitative estimate of drug-likeness (QED) is 0.326. The van der Waals surface area contributed by atoms with Crippen molar-refractivity contribution < 1.29 is 19.1 Å². The van der Waals surface area contributed by atoms with Crippen molar-refractivity contribution in [3.8, 4) is 0 Å². The zero-order valence-corrected chi connectivity index (χ0v) is 12.0. The molecule has 0 aliphatic rings. The van der Waals surface area contributed by atoms with Gasteiger partial charge in [0.15, 0.2) is 5.78 Å². The van der Waals surface area contributed by atoms with Crippen molar-refractivity contribution in [1.29, 1.82) is 0 Å². The minimum absolute atomic E-state index is 0.0226. The fourth-order valence-corrected chi connectivity index (χ4v) is 1.52. The van der Waals surface area contributed by atoms with Gasteiger partial charge in [-0.15, -0.1) is 0 Å². The van der Waals surface area contributed by atoms with Crippen molar-refractivity contribution in [2.75, 3.05) is 27.8 Å². The van der Waals surface area contributed by atoms with Gasteiger partial charge in [-0.25, -0.2) is 4.79 Å². The Bertz CT molecular complexity index is 480. The second-order valence-corrected chi connectivity index (χ2v) is 4.40. The molecule has 0 amide bonds. The predicted molar refractivity (Wildman–Crippen MR) is 74.9 cm³/mol. The summed E-state index contributed by atoms with van der Waals surface area (Å²) in [6.45, 7) is 0.159. The molecule has 1 rings (SSSR count). The van der Waals surface area contributed by atoms with Crippen LogP contribution in [0.1, 0.15) is 5.56 Å². The van der Waals surface area contributed by atoms with E-state index in [1.54, 1.807) is 19.0 Å². The Morgan fingerprint density at radius 3 is 2.40 bits per heavy atom. The lowest BCUT2D eigenvalue weighted by molar-refractivity contribution is -0.138. The van der Waals surface area contributed by atoms with E-state index in [1.165, 1.54) is 13.3 Å². The predicted octanol–water partition coefficient (Wildman–Crippen LogP) is 1.39. The minimum atomic E-state index is -0.660. The van der Waals surface area contributed by atoms with Crippen LogP contribution in [-0.2, 0) is 25.7 Å². The Balaban J connectivity index is 2.57. The molecule has 108 valence electrons. The highest BCUT2D eigenvalue weighted by Gasteiger charge is 2.19. The summed E-state index contributed by atoms with van der Waals surface area (Å²) in [5, 5.41) is 0. The van der Waals surface area contributed by atoms with E-state index in [0.717, 1.165) is 5.56 Å². The maximum Gasteiger partial charge on any atom is 0.343 e. The molecule has 0 unspecified atom stereocenters. The lowest BCUT2D eigenvalue weighted by Gasteiger charge is -2.10. The molecule has 0 radical (unpaired) electrons. The maximum atomic E-state index is 11.9. The number of esters is 1. The molecule has 0 saturated heterocycles. The maximum absolute atomic E-state index is 11.9. The molecule has 0 heterocycles. The number of carbonyl (C=O) groups is 2. The summed E-state index contributed by atoms with van der Waals surface area (Å²) in [4.78, 5) is 25.1. The number of hydrogen-bond donors (Lipinski definition) is 0. The van der Waals surface area contributed by atoms with Crippen molar-refractivity contribution in [1.82, 2.24) is 4.90 Å². The van der Waals surface area contributed by atoms with Gasteiger partial charge in [0.1, 0.15) is 12.2 Å². The zero-order valence-electron chi connectivity index (χ0n) is 12.0. The number of rotatable bonds is 7. The van der Waals surface area contributed by atoms with E-state index in [-0.39, 0.29) is 12.2 Å². The third-order valence-corrected chi connectivity index (χ3v) is 2.44. The smallest absolute Gasteiger partial charge is 0.343 e. The van der Waals surface area contributed by atoms with Gasteiger partial charge in [-0.3, -0.25) is 4.79 Å². The highest BCUT2D eigenvalue weighted by molar-refractivity contribution is 6.17. The average Bonchev–Trinajstić information content (AvgIpc) is 2.44. The molecule has 0 aromatic heterocycles. The molecule has 1 aromatic rings. The highest BCUT2D eigenvalue weighted by atomic mass is 16.5. The van der Waals surface area contributed by atoms with Crippen molar-refractivity contribution in [3.05, 3.63) is 47.7 Å². The molecule has 0 fully saturated rings. The van der Waals surface area contributed by atoms with Gasteiger partial charge in [-0.05, 0) is 5.56 Å². The topological polar surface area (TPSA) is 55.8 Å². The fraction of sp³-hybridized carbons (Fsp3) is 0.333. The summed E-state index contributed by atoms with van der Waals surface area (Å²) < 4.78 is 9.91. The first-order valence-corrected chi connectivity index (χ1v) is 6.16. The SMILES string of the molecule is COC(=O)/C(=C\N(C)C)C(=O)COCc1ccccc1. The molecule has 5 nitrogen and oxygen atoms in total.